The van der Waals surface area contributed by atoms with E-state index in [4.69, 9.17) is 33.3 Å². The number of thiocarbonyl (C=S) groups is 1. The third-order valence-electron chi connectivity index (χ3n) is 4.64. The minimum atomic E-state index is -0.183. The molecule has 0 atom stereocenters. The van der Waals surface area contributed by atoms with Crippen LogP contribution in [-0.2, 0) is 11.4 Å². The number of thioether (sulfide) groups is 1. The van der Waals surface area contributed by atoms with Crippen molar-refractivity contribution < 1.29 is 14.3 Å². The molecule has 4 nitrogen and oxygen atoms in total. The van der Waals surface area contributed by atoms with Gasteiger partial charge in [-0.15, -0.1) is 0 Å². The Morgan fingerprint density at radius 1 is 1.12 bits per heavy atom. The van der Waals surface area contributed by atoms with Gasteiger partial charge in [-0.25, -0.2) is 0 Å². The van der Waals surface area contributed by atoms with E-state index in [1.54, 1.807) is 25.3 Å². The van der Waals surface area contributed by atoms with Crippen molar-refractivity contribution in [2.24, 2.45) is 0 Å². The summed E-state index contributed by atoms with van der Waals surface area (Å²) in [5.41, 5.74) is 2.45. The summed E-state index contributed by atoms with van der Waals surface area (Å²) >= 11 is 16.6. The number of carbonyl (C=O) groups excluding carboxylic acids is 1. The van der Waals surface area contributed by atoms with Crippen LogP contribution in [0.25, 0.3) is 6.08 Å². The Balaban J connectivity index is 1.59. The Morgan fingerprint density at radius 2 is 1.91 bits per heavy atom. The molecular formula is C24H17BrClNO3S2. The molecule has 0 unspecified atom stereocenters. The third kappa shape index (κ3) is 5.02. The van der Waals surface area contributed by atoms with Gasteiger partial charge in [0.1, 0.15) is 6.61 Å². The number of methoxy groups -OCH3 is 1. The standard InChI is InChI=1S/C24H17BrClNO3S2/c1-29-20-11-16(10-19(26)22(20)30-14-15-6-3-2-4-7-15)12-21-23(28)27(24(31)32-21)18-9-5-8-17(25)13-18/h2-13H,14H2,1H3/b21-12-. The zero-order valence-electron chi connectivity index (χ0n) is 16.9. The first-order valence-electron chi connectivity index (χ1n) is 9.54. The van der Waals surface area contributed by atoms with E-state index in [1.165, 1.54) is 16.7 Å². The lowest BCUT2D eigenvalue weighted by molar-refractivity contribution is -0.113. The molecule has 162 valence electrons. The fraction of sp³-hybridized carbons (Fsp3) is 0.0833. The summed E-state index contributed by atoms with van der Waals surface area (Å²) in [7, 11) is 1.55. The lowest BCUT2D eigenvalue weighted by Gasteiger charge is -2.15. The van der Waals surface area contributed by atoms with Crippen LogP contribution >= 0.6 is 51.5 Å². The van der Waals surface area contributed by atoms with E-state index >= 15 is 0 Å². The summed E-state index contributed by atoms with van der Waals surface area (Å²) in [4.78, 5) is 15.1. The Labute approximate surface area is 209 Å². The summed E-state index contributed by atoms with van der Waals surface area (Å²) < 4.78 is 12.8. The van der Waals surface area contributed by atoms with Gasteiger partial charge in [-0.05, 0) is 47.5 Å². The molecule has 1 heterocycles. The minimum Gasteiger partial charge on any atom is -0.493 e. The van der Waals surface area contributed by atoms with Gasteiger partial charge in [-0.2, -0.15) is 0 Å². The highest BCUT2D eigenvalue weighted by Gasteiger charge is 2.33. The number of benzene rings is 3. The minimum absolute atomic E-state index is 0.183. The number of halogens is 2. The smallest absolute Gasteiger partial charge is 0.270 e. The zero-order valence-corrected chi connectivity index (χ0v) is 20.9. The summed E-state index contributed by atoms with van der Waals surface area (Å²) in [6, 6.07) is 20.8. The lowest BCUT2D eigenvalue weighted by atomic mass is 10.1. The fourth-order valence-electron chi connectivity index (χ4n) is 3.15. The monoisotopic (exact) mass is 545 g/mol. The van der Waals surface area contributed by atoms with Gasteiger partial charge >= 0.3 is 0 Å². The maximum atomic E-state index is 13.0. The summed E-state index contributed by atoms with van der Waals surface area (Å²) in [6.07, 6.45) is 1.76. The quantitative estimate of drug-likeness (QED) is 0.244. The number of hydrogen-bond acceptors (Lipinski definition) is 5. The van der Waals surface area contributed by atoms with E-state index in [0.717, 1.165) is 10.0 Å². The van der Waals surface area contributed by atoms with Gasteiger partial charge in [-0.3, -0.25) is 9.69 Å². The van der Waals surface area contributed by atoms with Crippen molar-refractivity contribution in [1.29, 1.82) is 0 Å². The van der Waals surface area contributed by atoms with Crippen LogP contribution in [0, 0.1) is 0 Å². The van der Waals surface area contributed by atoms with E-state index in [2.05, 4.69) is 15.9 Å². The number of carbonyl (C=O) groups is 1. The van der Waals surface area contributed by atoms with E-state index < -0.39 is 0 Å². The molecule has 1 aliphatic heterocycles. The van der Waals surface area contributed by atoms with Crippen LogP contribution in [-0.4, -0.2) is 17.3 Å². The van der Waals surface area contributed by atoms with Crippen LogP contribution in [0.4, 0.5) is 5.69 Å². The van der Waals surface area contributed by atoms with E-state index in [0.29, 0.717) is 43.6 Å². The van der Waals surface area contributed by atoms with Crippen molar-refractivity contribution >= 4 is 73.5 Å². The second-order valence-electron chi connectivity index (χ2n) is 6.81. The van der Waals surface area contributed by atoms with E-state index in [9.17, 15) is 4.79 Å². The average molecular weight is 547 g/mol. The predicted octanol–water partition coefficient (Wildman–Crippen LogP) is 7.10. The van der Waals surface area contributed by atoms with Crippen LogP contribution in [0.15, 0.2) is 76.1 Å². The van der Waals surface area contributed by atoms with Gasteiger partial charge < -0.3 is 9.47 Å². The molecule has 3 aromatic rings. The molecule has 1 aliphatic rings. The van der Waals surface area contributed by atoms with Crippen molar-refractivity contribution in [2.45, 2.75) is 6.61 Å². The molecule has 0 saturated carbocycles. The first-order valence-corrected chi connectivity index (χ1v) is 11.9. The maximum Gasteiger partial charge on any atom is 0.270 e. The second-order valence-corrected chi connectivity index (χ2v) is 9.80. The predicted molar refractivity (Wildman–Crippen MR) is 139 cm³/mol. The normalized spacial score (nSPS) is 14.8. The first kappa shape index (κ1) is 22.9. The number of rotatable bonds is 6. The number of anilines is 1. The summed E-state index contributed by atoms with van der Waals surface area (Å²) in [5.74, 6) is 0.761. The van der Waals surface area contributed by atoms with Crippen LogP contribution in [0.5, 0.6) is 11.5 Å². The van der Waals surface area contributed by atoms with Crippen molar-refractivity contribution in [3.05, 3.63) is 92.3 Å². The highest BCUT2D eigenvalue weighted by Crippen LogP contribution is 2.40. The Hall–Kier alpha value is -2.32. The van der Waals surface area contributed by atoms with Gasteiger partial charge in [0, 0.05) is 4.47 Å². The molecule has 0 aliphatic carbocycles. The van der Waals surface area contributed by atoms with Crippen LogP contribution in [0.3, 0.4) is 0 Å². The number of amides is 1. The highest BCUT2D eigenvalue weighted by molar-refractivity contribution is 9.10. The Bertz CT molecular complexity index is 1220. The Morgan fingerprint density at radius 3 is 2.62 bits per heavy atom. The Kier molecular flexibility index (Phi) is 7.20. The van der Waals surface area contributed by atoms with Gasteiger partial charge in [0.2, 0.25) is 0 Å². The largest absolute Gasteiger partial charge is 0.493 e. The average Bonchev–Trinajstić information content (AvgIpc) is 3.06. The van der Waals surface area contributed by atoms with E-state index in [1.807, 2.05) is 54.6 Å². The zero-order chi connectivity index (χ0) is 22.7. The van der Waals surface area contributed by atoms with Crippen molar-refractivity contribution in [1.82, 2.24) is 0 Å². The molecule has 1 fully saturated rings. The molecule has 0 bridgehead atoms. The third-order valence-corrected chi connectivity index (χ3v) is 6.71. The molecule has 1 saturated heterocycles. The second kappa shape index (κ2) is 10.1. The maximum absolute atomic E-state index is 13.0. The first-order chi connectivity index (χ1) is 15.5. The van der Waals surface area contributed by atoms with E-state index in [-0.39, 0.29) is 5.91 Å². The van der Waals surface area contributed by atoms with Crippen LogP contribution < -0.4 is 14.4 Å². The lowest BCUT2D eigenvalue weighted by Crippen LogP contribution is -2.27. The van der Waals surface area contributed by atoms with Crippen molar-refractivity contribution in [3.63, 3.8) is 0 Å². The number of nitrogens with zero attached hydrogens (tertiary/aromatic N) is 1. The molecule has 0 N–H and O–H groups in total. The number of hydrogen-bond donors (Lipinski definition) is 0. The molecule has 0 spiro atoms. The molecule has 0 aromatic heterocycles. The highest BCUT2D eigenvalue weighted by atomic mass is 79.9. The number of ether oxygens (including phenoxy) is 2. The fourth-order valence-corrected chi connectivity index (χ4v) is 5.11. The van der Waals surface area contributed by atoms with Crippen LogP contribution in [0.1, 0.15) is 11.1 Å². The topological polar surface area (TPSA) is 38.8 Å². The summed E-state index contributed by atoms with van der Waals surface area (Å²) in [5, 5.41) is 0.397. The molecule has 8 heteroatoms. The molecule has 0 radical (unpaired) electrons. The van der Waals surface area contributed by atoms with Gasteiger partial charge in [0.25, 0.3) is 5.91 Å². The van der Waals surface area contributed by atoms with Crippen molar-refractivity contribution in [2.75, 3.05) is 12.0 Å². The SMILES string of the molecule is COc1cc(/C=C2\SC(=S)N(c3cccc(Br)c3)C2=O)cc(Cl)c1OCc1ccccc1. The molecule has 32 heavy (non-hydrogen) atoms. The molecule has 1 amide bonds. The molecular weight excluding hydrogens is 530 g/mol. The molecule has 4 rings (SSSR count). The van der Waals surface area contributed by atoms with Gasteiger partial charge in [-0.1, -0.05) is 87.9 Å². The van der Waals surface area contributed by atoms with Crippen LogP contribution in [0.2, 0.25) is 5.02 Å². The van der Waals surface area contributed by atoms with Gasteiger partial charge in [0.05, 0.1) is 22.7 Å². The summed E-state index contributed by atoms with van der Waals surface area (Å²) in [6.45, 7) is 0.363. The molecule has 3 aromatic carbocycles. The van der Waals surface area contributed by atoms with Gasteiger partial charge in [0.15, 0.2) is 15.8 Å². The van der Waals surface area contributed by atoms with Crippen molar-refractivity contribution in [3.8, 4) is 11.5 Å².